The number of ether oxygens (including phenoxy) is 1. The van der Waals surface area contributed by atoms with Gasteiger partial charge in [-0.1, -0.05) is 30.3 Å². The Morgan fingerprint density at radius 3 is 2.72 bits per heavy atom. The van der Waals surface area contributed by atoms with E-state index in [0.29, 0.717) is 26.1 Å². The number of carbonyl (C=O) groups excluding carboxylic acids is 2. The molecule has 0 saturated carbocycles. The Bertz CT molecular complexity index is 584. The van der Waals surface area contributed by atoms with Crippen LogP contribution in [0.3, 0.4) is 0 Å². The van der Waals surface area contributed by atoms with Gasteiger partial charge in [-0.05, 0) is 38.2 Å². The second-order valence-corrected chi connectivity index (χ2v) is 6.87. The third-order valence-corrected chi connectivity index (χ3v) is 5.16. The number of hydrogen-bond acceptors (Lipinski definition) is 3. The third kappa shape index (κ3) is 4.21. The molecule has 0 unspecified atom stereocenters. The second-order valence-electron chi connectivity index (χ2n) is 6.87. The summed E-state index contributed by atoms with van der Waals surface area (Å²) in [5.41, 5.74) is 0.897. The van der Waals surface area contributed by atoms with Crippen molar-refractivity contribution in [1.82, 2.24) is 9.80 Å². The fourth-order valence-electron chi connectivity index (χ4n) is 3.77. The van der Waals surface area contributed by atoms with E-state index in [1.807, 2.05) is 42.2 Å². The Hall–Kier alpha value is -1.88. The Morgan fingerprint density at radius 2 is 2.08 bits per heavy atom. The zero-order valence-electron chi connectivity index (χ0n) is 15.0. The summed E-state index contributed by atoms with van der Waals surface area (Å²) in [7, 11) is 0. The van der Waals surface area contributed by atoms with Crippen molar-refractivity contribution in [2.24, 2.45) is 0 Å². The average Bonchev–Trinajstić information content (AvgIpc) is 3.15. The average molecular weight is 344 g/mol. The van der Waals surface area contributed by atoms with Crippen LogP contribution in [0.4, 0.5) is 0 Å². The third-order valence-electron chi connectivity index (χ3n) is 5.16. The van der Waals surface area contributed by atoms with Gasteiger partial charge in [0.1, 0.15) is 6.04 Å². The minimum Gasteiger partial charge on any atom is -0.376 e. The molecule has 2 heterocycles. The predicted octanol–water partition coefficient (Wildman–Crippen LogP) is 2.77. The Labute approximate surface area is 149 Å². The minimum absolute atomic E-state index is 0.0134. The molecule has 2 aliphatic heterocycles. The molecule has 1 aromatic rings. The van der Waals surface area contributed by atoms with Crippen molar-refractivity contribution >= 4 is 11.8 Å². The fourth-order valence-corrected chi connectivity index (χ4v) is 3.77. The molecule has 0 bridgehead atoms. The van der Waals surface area contributed by atoms with Crippen LogP contribution in [0.15, 0.2) is 30.3 Å². The molecule has 25 heavy (non-hydrogen) atoms. The highest BCUT2D eigenvalue weighted by molar-refractivity contribution is 5.89. The largest absolute Gasteiger partial charge is 0.376 e. The zero-order chi connectivity index (χ0) is 17.6. The highest BCUT2D eigenvalue weighted by Gasteiger charge is 2.35. The molecule has 1 aromatic carbocycles. The maximum absolute atomic E-state index is 13.4. The van der Waals surface area contributed by atoms with Crippen LogP contribution in [0.5, 0.6) is 0 Å². The molecule has 0 spiro atoms. The molecule has 0 aliphatic carbocycles. The number of rotatable bonds is 6. The molecular formula is C20H28N2O3. The smallest absolute Gasteiger partial charge is 0.250 e. The van der Waals surface area contributed by atoms with Crippen LogP contribution < -0.4 is 0 Å². The van der Waals surface area contributed by atoms with Gasteiger partial charge in [-0.15, -0.1) is 0 Å². The Morgan fingerprint density at radius 1 is 1.28 bits per heavy atom. The van der Waals surface area contributed by atoms with Crippen LogP contribution in [0.25, 0.3) is 0 Å². The van der Waals surface area contributed by atoms with Crippen LogP contribution in [-0.2, 0) is 14.3 Å². The lowest BCUT2D eigenvalue weighted by Gasteiger charge is -2.37. The summed E-state index contributed by atoms with van der Waals surface area (Å²) < 4.78 is 5.71. The SMILES string of the molecule is CCN(C[C@@H]1CCCO1)C(=O)[C@H](c1ccccc1)N1CCCCC1=O. The lowest BCUT2D eigenvalue weighted by atomic mass is 9.99. The van der Waals surface area contributed by atoms with Gasteiger partial charge in [-0.25, -0.2) is 0 Å². The summed E-state index contributed by atoms with van der Waals surface area (Å²) in [6, 6.07) is 9.18. The van der Waals surface area contributed by atoms with Crippen molar-refractivity contribution in [3.8, 4) is 0 Å². The van der Waals surface area contributed by atoms with E-state index in [1.165, 1.54) is 0 Å². The van der Waals surface area contributed by atoms with Crippen molar-refractivity contribution in [3.63, 3.8) is 0 Å². The van der Waals surface area contributed by atoms with E-state index >= 15 is 0 Å². The number of likely N-dealkylation sites (tertiary alicyclic amines) is 1. The lowest BCUT2D eigenvalue weighted by molar-refractivity contribution is -0.148. The predicted molar refractivity (Wildman–Crippen MR) is 96.0 cm³/mol. The summed E-state index contributed by atoms with van der Waals surface area (Å²) in [5, 5.41) is 0. The summed E-state index contributed by atoms with van der Waals surface area (Å²) >= 11 is 0. The molecule has 2 saturated heterocycles. The van der Waals surface area contributed by atoms with E-state index in [9.17, 15) is 9.59 Å². The van der Waals surface area contributed by atoms with Gasteiger partial charge >= 0.3 is 0 Å². The summed E-state index contributed by atoms with van der Waals surface area (Å²) in [6.45, 7) is 4.67. The van der Waals surface area contributed by atoms with Gasteiger partial charge in [-0.2, -0.15) is 0 Å². The first-order chi connectivity index (χ1) is 12.2. The summed E-state index contributed by atoms with van der Waals surface area (Å²) in [6.07, 6.45) is 4.59. The second kappa shape index (κ2) is 8.48. The molecule has 0 N–H and O–H groups in total. The molecule has 2 atom stereocenters. The van der Waals surface area contributed by atoms with Gasteiger partial charge in [0.15, 0.2) is 0 Å². The van der Waals surface area contributed by atoms with E-state index in [-0.39, 0.29) is 17.9 Å². The molecule has 2 fully saturated rings. The molecular weight excluding hydrogens is 316 g/mol. The van der Waals surface area contributed by atoms with E-state index in [4.69, 9.17) is 4.74 Å². The van der Waals surface area contributed by atoms with Gasteiger partial charge in [0.2, 0.25) is 11.8 Å². The number of carbonyl (C=O) groups is 2. The quantitative estimate of drug-likeness (QED) is 0.797. The molecule has 2 aliphatic rings. The highest BCUT2D eigenvalue weighted by atomic mass is 16.5. The molecule has 2 amide bonds. The number of nitrogens with zero attached hydrogens (tertiary/aromatic N) is 2. The lowest BCUT2D eigenvalue weighted by Crippen LogP contribution is -2.48. The first kappa shape index (κ1) is 17.9. The van der Waals surface area contributed by atoms with Crippen molar-refractivity contribution in [2.75, 3.05) is 26.2 Å². The van der Waals surface area contributed by atoms with Crippen LogP contribution in [-0.4, -0.2) is 54.0 Å². The molecule has 0 aromatic heterocycles. The number of amides is 2. The standard InChI is InChI=1S/C20H28N2O3/c1-2-21(15-17-11-8-14-25-17)20(24)19(16-9-4-3-5-10-16)22-13-7-6-12-18(22)23/h3-5,9-10,17,19H,2,6-8,11-15H2,1H3/t17-,19-/m0/s1. The topological polar surface area (TPSA) is 49.9 Å². The van der Waals surface area contributed by atoms with Crippen molar-refractivity contribution in [2.45, 2.75) is 51.2 Å². The van der Waals surface area contributed by atoms with Crippen molar-refractivity contribution in [1.29, 1.82) is 0 Å². The van der Waals surface area contributed by atoms with E-state index in [0.717, 1.165) is 37.9 Å². The van der Waals surface area contributed by atoms with E-state index in [2.05, 4.69) is 0 Å². The molecule has 136 valence electrons. The van der Waals surface area contributed by atoms with Crippen molar-refractivity contribution in [3.05, 3.63) is 35.9 Å². The first-order valence-corrected chi connectivity index (χ1v) is 9.45. The number of benzene rings is 1. The molecule has 0 radical (unpaired) electrons. The van der Waals surface area contributed by atoms with Crippen LogP contribution in [0.1, 0.15) is 50.6 Å². The zero-order valence-corrected chi connectivity index (χ0v) is 15.0. The molecule has 3 rings (SSSR count). The van der Waals surface area contributed by atoms with Crippen LogP contribution in [0.2, 0.25) is 0 Å². The number of hydrogen-bond donors (Lipinski definition) is 0. The Kier molecular flexibility index (Phi) is 6.08. The summed E-state index contributed by atoms with van der Waals surface area (Å²) in [4.78, 5) is 29.5. The van der Waals surface area contributed by atoms with Gasteiger partial charge in [0, 0.05) is 32.7 Å². The Balaban J connectivity index is 1.84. The fraction of sp³-hybridized carbons (Fsp3) is 0.600. The highest BCUT2D eigenvalue weighted by Crippen LogP contribution is 2.28. The monoisotopic (exact) mass is 344 g/mol. The number of piperidine rings is 1. The van der Waals surface area contributed by atoms with Gasteiger partial charge in [0.25, 0.3) is 0 Å². The molecule has 5 heteroatoms. The van der Waals surface area contributed by atoms with Gasteiger partial charge in [0.05, 0.1) is 6.10 Å². The van der Waals surface area contributed by atoms with E-state index < -0.39 is 6.04 Å². The normalized spacial score (nSPS) is 22.0. The van der Waals surface area contributed by atoms with Crippen LogP contribution in [0, 0.1) is 0 Å². The van der Waals surface area contributed by atoms with E-state index in [1.54, 1.807) is 4.90 Å². The first-order valence-electron chi connectivity index (χ1n) is 9.45. The van der Waals surface area contributed by atoms with Crippen molar-refractivity contribution < 1.29 is 14.3 Å². The van der Waals surface area contributed by atoms with Gasteiger partial charge < -0.3 is 14.5 Å². The molecule has 5 nitrogen and oxygen atoms in total. The maximum Gasteiger partial charge on any atom is 0.250 e. The summed E-state index contributed by atoms with van der Waals surface area (Å²) in [5.74, 6) is 0.0982. The maximum atomic E-state index is 13.4. The van der Waals surface area contributed by atoms with Crippen LogP contribution >= 0.6 is 0 Å². The minimum atomic E-state index is -0.518. The number of likely N-dealkylation sites (N-methyl/N-ethyl adjacent to an activating group) is 1. The van der Waals surface area contributed by atoms with Gasteiger partial charge in [-0.3, -0.25) is 9.59 Å².